The molecule has 0 bridgehead atoms. The number of ether oxygens (including phenoxy) is 1. The summed E-state index contributed by atoms with van der Waals surface area (Å²) in [5.74, 6) is -0.849. The van der Waals surface area contributed by atoms with E-state index in [1.165, 1.54) is 47.7 Å². The number of rotatable bonds is 6. The first-order chi connectivity index (χ1) is 15.4. The molecule has 0 saturated heterocycles. The number of nitrogens with zero attached hydrogens (tertiary/aromatic N) is 2. The van der Waals surface area contributed by atoms with Crippen LogP contribution >= 0.6 is 23.4 Å². The highest BCUT2D eigenvalue weighted by Gasteiger charge is 2.49. The molecule has 2 aromatic carbocycles. The van der Waals surface area contributed by atoms with Crippen LogP contribution in [0.5, 0.6) is 5.75 Å². The van der Waals surface area contributed by atoms with E-state index >= 15 is 0 Å². The molecule has 10 heteroatoms. The van der Waals surface area contributed by atoms with Crippen LogP contribution in [0.1, 0.15) is 5.56 Å². The Labute approximate surface area is 192 Å². The van der Waals surface area contributed by atoms with Crippen LogP contribution in [0.25, 0.3) is 0 Å². The van der Waals surface area contributed by atoms with Crippen molar-refractivity contribution < 1.29 is 28.1 Å². The number of thioether (sulfide) groups is 1. The lowest BCUT2D eigenvalue weighted by atomic mass is 10.1. The topological polar surface area (TPSA) is 78.7 Å². The highest BCUT2D eigenvalue weighted by atomic mass is 35.5. The summed E-state index contributed by atoms with van der Waals surface area (Å²) in [6, 6.07) is 9.73. The molecule has 0 aromatic heterocycles. The second kappa shape index (κ2) is 9.13. The second-order valence-electron chi connectivity index (χ2n) is 7.06. The van der Waals surface area contributed by atoms with Crippen molar-refractivity contribution in [1.82, 2.24) is 4.90 Å². The van der Waals surface area contributed by atoms with Crippen molar-refractivity contribution in [3.8, 4) is 5.75 Å². The number of halogens is 2. The number of hydrogen-bond donors (Lipinski definition) is 1. The Kier molecular flexibility index (Phi) is 6.29. The fourth-order valence-electron chi connectivity index (χ4n) is 3.44. The average Bonchev–Trinajstić information content (AvgIpc) is 3.26. The van der Waals surface area contributed by atoms with Crippen LogP contribution in [0.4, 0.5) is 14.9 Å². The van der Waals surface area contributed by atoms with Gasteiger partial charge in [0.05, 0.1) is 12.8 Å². The average molecular weight is 475 g/mol. The molecule has 2 aliphatic rings. The molecule has 1 atom stereocenters. The molecule has 2 aliphatic heterocycles. The number of fused-ring (bicyclic) bond motifs is 1. The van der Waals surface area contributed by atoms with Gasteiger partial charge in [0.15, 0.2) is 11.8 Å². The largest absolute Gasteiger partial charge is 0.501 e. The molecule has 2 heterocycles. The van der Waals surface area contributed by atoms with E-state index in [1.807, 2.05) is 0 Å². The Hall–Kier alpha value is -3.17. The smallest absolute Gasteiger partial charge is 0.495 e. The van der Waals surface area contributed by atoms with Crippen molar-refractivity contribution in [2.75, 3.05) is 19.0 Å². The van der Waals surface area contributed by atoms with E-state index in [-0.39, 0.29) is 19.0 Å². The van der Waals surface area contributed by atoms with Crippen molar-refractivity contribution in [3.63, 3.8) is 0 Å². The van der Waals surface area contributed by atoms with E-state index in [0.29, 0.717) is 27.7 Å². The van der Waals surface area contributed by atoms with Crippen LogP contribution < -0.4 is 10.1 Å². The third kappa shape index (κ3) is 4.39. The number of hydrogen-bond acceptors (Lipinski definition) is 5. The molecule has 1 unspecified atom stereocenters. The number of methoxy groups -OCH3 is 1. The molecule has 0 fully saturated rings. The zero-order chi connectivity index (χ0) is 22.8. The number of anilines is 1. The van der Waals surface area contributed by atoms with E-state index in [1.54, 1.807) is 29.7 Å². The highest BCUT2D eigenvalue weighted by Crippen LogP contribution is 2.30. The van der Waals surface area contributed by atoms with Crippen LogP contribution in [0.15, 0.2) is 53.9 Å². The summed E-state index contributed by atoms with van der Waals surface area (Å²) in [6.45, 7) is -0.332. The molecule has 0 saturated carbocycles. The van der Waals surface area contributed by atoms with Crippen LogP contribution in [0.2, 0.25) is 5.02 Å². The summed E-state index contributed by atoms with van der Waals surface area (Å²) in [6.07, 6.45) is 1.66. The number of imide groups is 1. The molecule has 1 N–H and O–H groups in total. The van der Waals surface area contributed by atoms with Gasteiger partial charge in [-0.15, -0.1) is 11.8 Å². The van der Waals surface area contributed by atoms with Crippen molar-refractivity contribution >= 4 is 52.6 Å². The third-order valence-corrected chi connectivity index (χ3v) is 6.22. The number of urea groups is 1. The van der Waals surface area contributed by atoms with Crippen molar-refractivity contribution in [2.45, 2.75) is 11.8 Å². The van der Waals surface area contributed by atoms with Gasteiger partial charge in [-0.1, -0.05) is 23.7 Å². The molecule has 4 rings (SSSR count). The standard InChI is InChI=1S/C22H17ClFN3O4S/c1-31-18-7-4-14(23)10-16(18)25-19(28)12-26-17-8-9-32-20(17)21(29)27(22(26)30)11-13-2-5-15(24)6-3-13/h2-10,20H,11-12H2,1H3/p+1. The number of amides is 4. The fourth-order valence-corrected chi connectivity index (χ4v) is 4.58. The first-order valence-corrected chi connectivity index (χ1v) is 10.9. The van der Waals surface area contributed by atoms with Gasteiger partial charge in [0, 0.05) is 5.02 Å². The van der Waals surface area contributed by atoms with Gasteiger partial charge in [-0.2, -0.15) is 14.3 Å². The molecule has 2 aromatic rings. The van der Waals surface area contributed by atoms with Crippen LogP contribution in [0.3, 0.4) is 0 Å². The lowest BCUT2D eigenvalue weighted by Gasteiger charge is -2.24. The maximum atomic E-state index is 13.2. The summed E-state index contributed by atoms with van der Waals surface area (Å²) in [4.78, 5) is 40.0. The first-order valence-electron chi connectivity index (χ1n) is 9.57. The van der Waals surface area contributed by atoms with Crippen LogP contribution in [0, 0.1) is 5.82 Å². The predicted octanol–water partition coefficient (Wildman–Crippen LogP) is 3.67. The third-order valence-electron chi connectivity index (χ3n) is 4.98. The second-order valence-corrected chi connectivity index (χ2v) is 8.51. The monoisotopic (exact) mass is 474 g/mol. The minimum absolute atomic E-state index is 0.0253. The van der Waals surface area contributed by atoms with Gasteiger partial charge in [-0.05, 0) is 47.4 Å². The Morgan fingerprint density at radius 3 is 2.72 bits per heavy atom. The maximum Gasteiger partial charge on any atom is 0.501 e. The summed E-state index contributed by atoms with van der Waals surface area (Å²) in [5.41, 5.74) is 1.42. The van der Waals surface area contributed by atoms with Crippen LogP contribution in [-0.4, -0.2) is 51.9 Å². The van der Waals surface area contributed by atoms with Gasteiger partial charge >= 0.3 is 11.9 Å². The maximum absolute atomic E-state index is 13.2. The summed E-state index contributed by atoms with van der Waals surface area (Å²) in [7, 11) is 1.47. The van der Waals surface area contributed by atoms with Gasteiger partial charge < -0.3 is 10.1 Å². The molecule has 32 heavy (non-hydrogen) atoms. The molecule has 0 radical (unpaired) electrons. The normalized spacial score (nSPS) is 17.6. The van der Waals surface area contributed by atoms with E-state index in [2.05, 4.69) is 5.32 Å². The summed E-state index contributed by atoms with van der Waals surface area (Å²) >= 11 is 7.28. The number of benzene rings is 2. The summed E-state index contributed by atoms with van der Waals surface area (Å²) < 4.78 is 19.7. The van der Waals surface area contributed by atoms with Crippen LogP contribution in [-0.2, 0) is 16.1 Å². The van der Waals surface area contributed by atoms with E-state index in [4.69, 9.17) is 16.3 Å². The number of allylic oxidation sites excluding steroid dienone is 1. The number of carbonyl (C=O) groups excluding carboxylic acids is 3. The predicted molar refractivity (Wildman–Crippen MR) is 120 cm³/mol. The highest BCUT2D eigenvalue weighted by molar-refractivity contribution is 8.04. The Morgan fingerprint density at radius 1 is 1.25 bits per heavy atom. The molecule has 164 valence electrons. The Balaban J connectivity index is 1.58. The zero-order valence-electron chi connectivity index (χ0n) is 16.9. The van der Waals surface area contributed by atoms with Gasteiger partial charge in [0.1, 0.15) is 23.8 Å². The van der Waals surface area contributed by atoms with Gasteiger partial charge in [0.2, 0.25) is 0 Å². The minimum Gasteiger partial charge on any atom is -0.495 e. The minimum atomic E-state index is -0.623. The SMILES string of the molecule is COc1ccc(Cl)cc1NC(=O)C[N+]1=C2C=CSC2C(=O)N(Cc2ccc(F)cc2)C1=O. The van der Waals surface area contributed by atoms with Crippen molar-refractivity contribution in [2.24, 2.45) is 0 Å². The number of carbonyl (C=O) groups is 3. The van der Waals surface area contributed by atoms with Crippen molar-refractivity contribution in [1.29, 1.82) is 0 Å². The zero-order valence-corrected chi connectivity index (χ0v) is 18.5. The first kappa shape index (κ1) is 22.0. The fraction of sp³-hybridized carbons (Fsp3) is 0.182. The van der Waals surface area contributed by atoms with Gasteiger partial charge in [-0.25, -0.2) is 9.18 Å². The van der Waals surface area contributed by atoms with E-state index in [9.17, 15) is 18.8 Å². The van der Waals surface area contributed by atoms with Gasteiger partial charge in [-0.3, -0.25) is 4.79 Å². The molecule has 7 nitrogen and oxygen atoms in total. The quantitative estimate of drug-likeness (QED) is 0.646. The Morgan fingerprint density at radius 2 is 2.00 bits per heavy atom. The van der Waals surface area contributed by atoms with E-state index in [0.717, 1.165) is 4.90 Å². The van der Waals surface area contributed by atoms with Gasteiger partial charge in [0.25, 0.3) is 5.91 Å². The molecular weight excluding hydrogens is 457 g/mol. The summed E-state index contributed by atoms with van der Waals surface area (Å²) in [5, 5.41) is 4.21. The van der Waals surface area contributed by atoms with Crippen molar-refractivity contribution in [3.05, 3.63) is 70.4 Å². The lowest BCUT2D eigenvalue weighted by Crippen LogP contribution is -2.55. The molecule has 0 aliphatic carbocycles. The Bertz CT molecular complexity index is 1170. The molecule has 0 spiro atoms. The number of nitrogens with one attached hydrogen (secondary N) is 1. The lowest BCUT2D eigenvalue weighted by molar-refractivity contribution is -0.426. The molecule has 4 amide bonds. The molecular formula is C22H18ClFN3O4S+. The van der Waals surface area contributed by atoms with E-state index < -0.39 is 23.0 Å².